The summed E-state index contributed by atoms with van der Waals surface area (Å²) in [4.78, 5) is 2.24. The van der Waals surface area contributed by atoms with Gasteiger partial charge in [-0.1, -0.05) is 35.3 Å². The summed E-state index contributed by atoms with van der Waals surface area (Å²) < 4.78 is 0.975. The largest absolute Gasteiger partial charge is 0.389 e. The molecule has 90 valence electrons. The van der Waals surface area contributed by atoms with Crippen molar-refractivity contribution in [2.45, 2.75) is 32.8 Å². The van der Waals surface area contributed by atoms with Crippen molar-refractivity contribution < 1.29 is 5.11 Å². The van der Waals surface area contributed by atoms with Gasteiger partial charge in [-0.05, 0) is 31.0 Å². The molecule has 0 spiro atoms. The van der Waals surface area contributed by atoms with Crippen LogP contribution >= 0.6 is 15.9 Å². The predicted octanol–water partition coefficient (Wildman–Crippen LogP) is 3.74. The standard InChI is InChI=1S/C13H20BrNO/c1-4-5-8-15(3)11-6-7-12(10(2)16)13(14)9-11/h6-7,9-10,16H,4-5,8H2,1-3H3/t10-/m1/s1. The number of unbranched alkanes of at least 4 members (excludes halogenated alkanes) is 1. The fraction of sp³-hybridized carbons (Fsp3) is 0.538. The van der Waals surface area contributed by atoms with E-state index in [2.05, 4.69) is 46.9 Å². The Bertz CT molecular complexity index is 339. The number of aliphatic hydroxyl groups excluding tert-OH is 1. The second-order valence-corrected chi connectivity index (χ2v) is 5.01. The summed E-state index contributed by atoms with van der Waals surface area (Å²) >= 11 is 3.50. The summed E-state index contributed by atoms with van der Waals surface area (Å²) in [6, 6.07) is 6.10. The van der Waals surface area contributed by atoms with E-state index in [4.69, 9.17) is 0 Å². The maximum absolute atomic E-state index is 9.53. The topological polar surface area (TPSA) is 23.5 Å². The van der Waals surface area contributed by atoms with Gasteiger partial charge in [0.2, 0.25) is 0 Å². The summed E-state index contributed by atoms with van der Waals surface area (Å²) in [6.07, 6.45) is 1.98. The van der Waals surface area contributed by atoms with Crippen LogP contribution in [0, 0.1) is 0 Å². The molecular formula is C13H20BrNO. The molecule has 0 fully saturated rings. The van der Waals surface area contributed by atoms with Crippen molar-refractivity contribution in [2.75, 3.05) is 18.5 Å². The molecule has 1 atom stereocenters. The Hall–Kier alpha value is -0.540. The quantitative estimate of drug-likeness (QED) is 0.891. The first-order chi connectivity index (χ1) is 7.56. The van der Waals surface area contributed by atoms with Gasteiger partial charge in [0.25, 0.3) is 0 Å². The van der Waals surface area contributed by atoms with E-state index in [0.29, 0.717) is 0 Å². The van der Waals surface area contributed by atoms with Gasteiger partial charge in [-0.15, -0.1) is 0 Å². The number of hydrogen-bond donors (Lipinski definition) is 1. The van der Waals surface area contributed by atoms with Crippen molar-refractivity contribution in [2.24, 2.45) is 0 Å². The molecule has 1 aromatic rings. The van der Waals surface area contributed by atoms with Gasteiger partial charge in [0.1, 0.15) is 0 Å². The van der Waals surface area contributed by atoms with E-state index >= 15 is 0 Å². The molecule has 1 rings (SSSR count). The van der Waals surface area contributed by atoms with Crippen LogP contribution in [0.3, 0.4) is 0 Å². The smallest absolute Gasteiger partial charge is 0.0772 e. The number of aliphatic hydroxyl groups is 1. The number of hydrogen-bond acceptors (Lipinski definition) is 2. The lowest BCUT2D eigenvalue weighted by Gasteiger charge is -2.20. The van der Waals surface area contributed by atoms with E-state index < -0.39 is 6.10 Å². The van der Waals surface area contributed by atoms with Crippen molar-refractivity contribution in [1.29, 1.82) is 0 Å². The summed E-state index contributed by atoms with van der Waals surface area (Å²) in [5.41, 5.74) is 2.12. The maximum Gasteiger partial charge on any atom is 0.0772 e. The summed E-state index contributed by atoms with van der Waals surface area (Å²) in [5, 5.41) is 9.53. The molecule has 0 radical (unpaired) electrons. The number of nitrogens with zero attached hydrogens (tertiary/aromatic N) is 1. The fourth-order valence-electron chi connectivity index (χ4n) is 1.62. The highest BCUT2D eigenvalue weighted by atomic mass is 79.9. The zero-order chi connectivity index (χ0) is 12.1. The minimum absolute atomic E-state index is 0.427. The molecule has 0 heterocycles. The average Bonchev–Trinajstić information content (AvgIpc) is 2.25. The Morgan fingerprint density at radius 1 is 1.44 bits per heavy atom. The second kappa shape index (κ2) is 6.26. The third kappa shape index (κ3) is 3.49. The highest BCUT2D eigenvalue weighted by Crippen LogP contribution is 2.27. The molecule has 2 nitrogen and oxygen atoms in total. The number of rotatable bonds is 5. The van der Waals surface area contributed by atoms with E-state index in [0.717, 1.165) is 16.6 Å². The number of benzene rings is 1. The molecule has 0 bridgehead atoms. The summed E-state index contributed by atoms with van der Waals surface area (Å²) in [5.74, 6) is 0. The molecule has 1 N–H and O–H groups in total. The van der Waals surface area contributed by atoms with Crippen LogP contribution in [0.1, 0.15) is 38.4 Å². The maximum atomic E-state index is 9.53. The van der Waals surface area contributed by atoms with E-state index in [1.807, 2.05) is 6.07 Å². The van der Waals surface area contributed by atoms with E-state index in [9.17, 15) is 5.11 Å². The first-order valence-corrected chi connectivity index (χ1v) is 6.54. The SMILES string of the molecule is CCCCN(C)c1ccc([C@@H](C)O)c(Br)c1. The van der Waals surface area contributed by atoms with Crippen LogP contribution in [0.2, 0.25) is 0 Å². The molecule has 0 aromatic heterocycles. The van der Waals surface area contributed by atoms with Crippen LogP contribution < -0.4 is 4.90 Å². The Kier molecular flexibility index (Phi) is 5.29. The normalized spacial score (nSPS) is 12.6. The molecule has 0 aliphatic carbocycles. The lowest BCUT2D eigenvalue weighted by molar-refractivity contribution is 0.198. The molecule has 0 saturated carbocycles. The van der Waals surface area contributed by atoms with Crippen molar-refractivity contribution >= 4 is 21.6 Å². The highest BCUT2D eigenvalue weighted by molar-refractivity contribution is 9.10. The van der Waals surface area contributed by atoms with Crippen molar-refractivity contribution in [3.63, 3.8) is 0 Å². The Balaban J connectivity index is 2.80. The van der Waals surface area contributed by atoms with Gasteiger partial charge in [0, 0.05) is 23.8 Å². The third-order valence-electron chi connectivity index (χ3n) is 2.72. The molecule has 0 aliphatic heterocycles. The van der Waals surface area contributed by atoms with Crippen LogP contribution in [0.15, 0.2) is 22.7 Å². The van der Waals surface area contributed by atoms with Crippen LogP contribution in [0.4, 0.5) is 5.69 Å². The minimum atomic E-state index is -0.427. The Morgan fingerprint density at radius 3 is 2.62 bits per heavy atom. The van der Waals surface area contributed by atoms with Gasteiger partial charge in [0.15, 0.2) is 0 Å². The molecule has 1 aromatic carbocycles. The van der Waals surface area contributed by atoms with Gasteiger partial charge in [0.05, 0.1) is 6.10 Å². The Morgan fingerprint density at radius 2 is 2.12 bits per heavy atom. The van der Waals surface area contributed by atoms with Crippen LogP contribution in [-0.2, 0) is 0 Å². The third-order valence-corrected chi connectivity index (χ3v) is 3.41. The molecular weight excluding hydrogens is 266 g/mol. The van der Waals surface area contributed by atoms with Gasteiger partial charge in [-0.25, -0.2) is 0 Å². The lowest BCUT2D eigenvalue weighted by Crippen LogP contribution is -2.18. The lowest BCUT2D eigenvalue weighted by atomic mass is 10.1. The number of anilines is 1. The molecule has 3 heteroatoms. The first kappa shape index (κ1) is 13.5. The molecule has 0 saturated heterocycles. The summed E-state index contributed by atoms with van der Waals surface area (Å²) in [7, 11) is 2.10. The minimum Gasteiger partial charge on any atom is -0.389 e. The van der Waals surface area contributed by atoms with E-state index in [1.165, 1.54) is 18.5 Å². The van der Waals surface area contributed by atoms with Gasteiger partial charge >= 0.3 is 0 Å². The number of halogens is 1. The Labute approximate surface area is 106 Å². The average molecular weight is 286 g/mol. The van der Waals surface area contributed by atoms with Crippen LogP contribution in [0.5, 0.6) is 0 Å². The van der Waals surface area contributed by atoms with Crippen molar-refractivity contribution in [3.05, 3.63) is 28.2 Å². The van der Waals surface area contributed by atoms with E-state index in [1.54, 1.807) is 6.92 Å². The molecule has 16 heavy (non-hydrogen) atoms. The highest BCUT2D eigenvalue weighted by Gasteiger charge is 2.08. The van der Waals surface area contributed by atoms with Crippen LogP contribution in [0.25, 0.3) is 0 Å². The van der Waals surface area contributed by atoms with Gasteiger partial charge in [-0.2, -0.15) is 0 Å². The van der Waals surface area contributed by atoms with Crippen LogP contribution in [-0.4, -0.2) is 18.7 Å². The van der Waals surface area contributed by atoms with E-state index in [-0.39, 0.29) is 0 Å². The second-order valence-electron chi connectivity index (χ2n) is 4.16. The molecule has 0 aliphatic rings. The van der Waals surface area contributed by atoms with Gasteiger partial charge < -0.3 is 10.0 Å². The summed E-state index contributed by atoms with van der Waals surface area (Å²) in [6.45, 7) is 5.04. The van der Waals surface area contributed by atoms with Crippen molar-refractivity contribution in [3.8, 4) is 0 Å². The first-order valence-electron chi connectivity index (χ1n) is 5.75. The monoisotopic (exact) mass is 285 g/mol. The zero-order valence-electron chi connectivity index (χ0n) is 10.2. The fourth-order valence-corrected chi connectivity index (χ4v) is 2.31. The predicted molar refractivity (Wildman–Crippen MR) is 73.0 cm³/mol. The molecule has 0 amide bonds. The van der Waals surface area contributed by atoms with Crippen molar-refractivity contribution in [1.82, 2.24) is 0 Å². The van der Waals surface area contributed by atoms with Gasteiger partial charge in [-0.3, -0.25) is 0 Å². The molecule has 0 unspecified atom stereocenters. The zero-order valence-corrected chi connectivity index (χ0v) is 11.8.